The van der Waals surface area contributed by atoms with Crippen LogP contribution in [0.5, 0.6) is 0 Å². The summed E-state index contributed by atoms with van der Waals surface area (Å²) >= 11 is 0. The van der Waals surface area contributed by atoms with Crippen LogP contribution in [-0.4, -0.2) is 102 Å². The molecule has 0 aromatic rings. The van der Waals surface area contributed by atoms with Crippen molar-refractivity contribution in [3.05, 3.63) is 12.2 Å². The van der Waals surface area contributed by atoms with Crippen LogP contribution in [-0.2, 0) is 18.9 Å². The summed E-state index contributed by atoms with van der Waals surface area (Å²) in [7, 11) is 0. The lowest BCUT2D eigenvalue weighted by Crippen LogP contribution is -2.31. The minimum Gasteiger partial charge on any atom is -0.378 e. The average Bonchev–Trinajstić information content (AvgIpc) is 2.60. The summed E-state index contributed by atoms with van der Waals surface area (Å²) in [4.78, 5) is 4.65. The molecule has 142 valence electrons. The van der Waals surface area contributed by atoms with E-state index in [1.807, 2.05) is 0 Å². The van der Waals surface area contributed by atoms with Gasteiger partial charge in [-0.15, -0.1) is 0 Å². The van der Waals surface area contributed by atoms with Gasteiger partial charge in [0.25, 0.3) is 0 Å². The molecule has 6 nitrogen and oxygen atoms in total. The van der Waals surface area contributed by atoms with E-state index in [2.05, 4.69) is 30.2 Å². The third-order valence-electron chi connectivity index (χ3n) is 4.09. The van der Waals surface area contributed by atoms with Crippen LogP contribution in [0.15, 0.2) is 12.2 Å². The van der Waals surface area contributed by atoms with Crippen molar-refractivity contribution in [2.24, 2.45) is 0 Å². The highest BCUT2D eigenvalue weighted by atomic mass is 16.5. The zero-order valence-electron chi connectivity index (χ0n) is 15.6. The Hall–Kier alpha value is -0.500. The fourth-order valence-corrected chi connectivity index (χ4v) is 2.43. The first-order valence-electron chi connectivity index (χ1n) is 9.18. The zero-order chi connectivity index (χ0) is 17.5. The SMILES string of the molecule is C=C1COCCN(CC)CCOCCOCCN(CC)CCOC1. The Morgan fingerprint density at radius 1 is 0.667 bits per heavy atom. The highest BCUT2D eigenvalue weighted by Gasteiger charge is 2.05. The van der Waals surface area contributed by atoms with Crippen molar-refractivity contribution >= 4 is 0 Å². The van der Waals surface area contributed by atoms with Crippen LogP contribution in [0.2, 0.25) is 0 Å². The molecule has 1 aliphatic rings. The predicted molar refractivity (Wildman–Crippen MR) is 96.6 cm³/mol. The smallest absolute Gasteiger partial charge is 0.0701 e. The summed E-state index contributed by atoms with van der Waals surface area (Å²) in [5.74, 6) is 0. The van der Waals surface area contributed by atoms with E-state index in [4.69, 9.17) is 18.9 Å². The van der Waals surface area contributed by atoms with Crippen LogP contribution >= 0.6 is 0 Å². The molecule has 0 bridgehead atoms. The summed E-state index contributed by atoms with van der Waals surface area (Å²) in [6, 6.07) is 0. The van der Waals surface area contributed by atoms with Crippen LogP contribution in [0.4, 0.5) is 0 Å². The first-order valence-corrected chi connectivity index (χ1v) is 9.18. The molecule has 0 N–H and O–H groups in total. The Kier molecular flexibility index (Phi) is 13.3. The van der Waals surface area contributed by atoms with Gasteiger partial charge in [-0.3, -0.25) is 9.80 Å². The maximum absolute atomic E-state index is 5.69. The Morgan fingerprint density at radius 2 is 1.04 bits per heavy atom. The summed E-state index contributed by atoms with van der Waals surface area (Å²) in [5, 5.41) is 0. The number of nitrogens with zero attached hydrogens (tertiary/aromatic N) is 2. The summed E-state index contributed by atoms with van der Waals surface area (Å²) in [6.07, 6.45) is 0. The molecular weight excluding hydrogens is 308 g/mol. The van der Waals surface area contributed by atoms with Gasteiger partial charge < -0.3 is 18.9 Å². The lowest BCUT2D eigenvalue weighted by atomic mass is 10.3. The summed E-state index contributed by atoms with van der Waals surface area (Å²) in [5.41, 5.74) is 0.991. The van der Waals surface area contributed by atoms with Crippen molar-refractivity contribution < 1.29 is 18.9 Å². The molecule has 0 spiro atoms. The molecule has 6 heteroatoms. The van der Waals surface area contributed by atoms with Gasteiger partial charge in [-0.05, 0) is 18.7 Å². The number of hydrogen-bond donors (Lipinski definition) is 0. The van der Waals surface area contributed by atoms with Crippen LogP contribution in [0.25, 0.3) is 0 Å². The van der Waals surface area contributed by atoms with Gasteiger partial charge in [-0.25, -0.2) is 0 Å². The van der Waals surface area contributed by atoms with E-state index in [1.54, 1.807) is 0 Å². The van der Waals surface area contributed by atoms with Crippen LogP contribution in [0, 0.1) is 0 Å². The lowest BCUT2D eigenvalue weighted by molar-refractivity contribution is 0.0279. The molecule has 1 saturated heterocycles. The molecule has 0 unspecified atom stereocenters. The molecule has 1 aliphatic heterocycles. The van der Waals surface area contributed by atoms with Gasteiger partial charge in [0, 0.05) is 26.2 Å². The molecule has 0 aromatic carbocycles. The third-order valence-corrected chi connectivity index (χ3v) is 4.09. The van der Waals surface area contributed by atoms with Gasteiger partial charge in [0.2, 0.25) is 0 Å². The average molecular weight is 344 g/mol. The highest BCUT2D eigenvalue weighted by Crippen LogP contribution is 1.97. The largest absolute Gasteiger partial charge is 0.378 e. The zero-order valence-corrected chi connectivity index (χ0v) is 15.6. The minimum absolute atomic E-state index is 0.569. The highest BCUT2D eigenvalue weighted by molar-refractivity contribution is 4.94. The minimum atomic E-state index is 0.569. The summed E-state index contributed by atoms with van der Waals surface area (Å²) in [6.45, 7) is 19.3. The standard InChI is InChI=1S/C18H36N2O4/c1-4-19-6-10-21-14-15-22-11-7-20(5-2)9-13-24-17-18(3)16-23-12-8-19/h3-17H2,1-2H3. The van der Waals surface area contributed by atoms with E-state index in [-0.39, 0.29) is 0 Å². The van der Waals surface area contributed by atoms with Gasteiger partial charge in [0.15, 0.2) is 0 Å². The molecule has 0 saturated carbocycles. The van der Waals surface area contributed by atoms with Gasteiger partial charge >= 0.3 is 0 Å². The fourth-order valence-electron chi connectivity index (χ4n) is 2.43. The van der Waals surface area contributed by atoms with Crippen LogP contribution in [0.1, 0.15) is 13.8 Å². The van der Waals surface area contributed by atoms with Crippen molar-refractivity contribution in [2.75, 3.05) is 92.1 Å². The summed E-state index contributed by atoms with van der Waals surface area (Å²) < 4.78 is 22.7. The third kappa shape index (κ3) is 11.1. The first-order chi connectivity index (χ1) is 11.8. The van der Waals surface area contributed by atoms with Crippen LogP contribution in [0.3, 0.4) is 0 Å². The molecule has 0 aliphatic carbocycles. The maximum Gasteiger partial charge on any atom is 0.0701 e. The second-order valence-corrected chi connectivity index (χ2v) is 5.95. The quantitative estimate of drug-likeness (QED) is 0.703. The Morgan fingerprint density at radius 3 is 1.42 bits per heavy atom. The van der Waals surface area contributed by atoms with E-state index >= 15 is 0 Å². The van der Waals surface area contributed by atoms with Crippen molar-refractivity contribution in [2.45, 2.75) is 13.8 Å². The molecule has 0 amide bonds. The molecule has 0 atom stereocenters. The van der Waals surface area contributed by atoms with E-state index in [1.165, 1.54) is 0 Å². The Bertz CT molecular complexity index is 287. The molecule has 1 rings (SSSR count). The second-order valence-electron chi connectivity index (χ2n) is 5.95. The Balaban J connectivity index is 2.34. The van der Waals surface area contributed by atoms with E-state index in [9.17, 15) is 0 Å². The van der Waals surface area contributed by atoms with E-state index in [0.717, 1.165) is 58.1 Å². The van der Waals surface area contributed by atoms with Crippen molar-refractivity contribution in [3.8, 4) is 0 Å². The van der Waals surface area contributed by atoms with Crippen molar-refractivity contribution in [3.63, 3.8) is 0 Å². The van der Waals surface area contributed by atoms with Gasteiger partial charge in [0.1, 0.15) is 0 Å². The van der Waals surface area contributed by atoms with Gasteiger partial charge in [0.05, 0.1) is 52.9 Å². The van der Waals surface area contributed by atoms with Crippen molar-refractivity contribution in [1.29, 1.82) is 0 Å². The van der Waals surface area contributed by atoms with E-state index < -0.39 is 0 Å². The monoisotopic (exact) mass is 344 g/mol. The number of hydrogen-bond acceptors (Lipinski definition) is 6. The predicted octanol–water partition coefficient (Wildman–Crippen LogP) is 1.27. The molecular formula is C18H36N2O4. The normalized spacial score (nSPS) is 23.3. The fraction of sp³-hybridized carbons (Fsp3) is 0.889. The van der Waals surface area contributed by atoms with Crippen LogP contribution < -0.4 is 0 Å². The first kappa shape index (κ1) is 21.5. The second kappa shape index (κ2) is 14.8. The molecule has 0 aromatic heterocycles. The number of rotatable bonds is 2. The Labute approximate surface area is 147 Å². The van der Waals surface area contributed by atoms with Crippen molar-refractivity contribution in [1.82, 2.24) is 9.80 Å². The van der Waals surface area contributed by atoms with E-state index in [0.29, 0.717) is 39.6 Å². The number of ether oxygens (including phenoxy) is 4. The topological polar surface area (TPSA) is 43.4 Å². The molecule has 1 heterocycles. The maximum atomic E-state index is 5.69. The molecule has 0 radical (unpaired) electrons. The molecule has 1 fully saturated rings. The van der Waals surface area contributed by atoms with Gasteiger partial charge in [-0.2, -0.15) is 0 Å². The molecule has 24 heavy (non-hydrogen) atoms. The lowest BCUT2D eigenvalue weighted by Gasteiger charge is -2.20. The number of likely N-dealkylation sites (N-methyl/N-ethyl adjacent to an activating group) is 2. The van der Waals surface area contributed by atoms with Gasteiger partial charge in [-0.1, -0.05) is 20.4 Å².